The summed E-state index contributed by atoms with van der Waals surface area (Å²) in [7, 11) is 1.84. The molecule has 122 valence electrons. The van der Waals surface area contributed by atoms with E-state index in [9.17, 15) is 4.79 Å². The lowest BCUT2D eigenvalue weighted by Gasteiger charge is -2.18. The Kier molecular flexibility index (Phi) is 4.61. The molecule has 0 aliphatic heterocycles. The zero-order valence-electron chi connectivity index (χ0n) is 13.7. The van der Waals surface area contributed by atoms with Crippen LogP contribution in [0.5, 0.6) is 0 Å². The first-order chi connectivity index (χ1) is 11.6. The maximum atomic E-state index is 12.8. The van der Waals surface area contributed by atoms with Crippen molar-refractivity contribution >= 4 is 17.4 Å². The molecular formula is C19H20N4O. The van der Waals surface area contributed by atoms with Crippen LogP contribution in [-0.2, 0) is 11.8 Å². The molecule has 0 fully saturated rings. The molecule has 3 rings (SSSR count). The molecule has 0 spiro atoms. The number of anilines is 2. The summed E-state index contributed by atoms with van der Waals surface area (Å²) in [4.78, 5) is 12.8. The van der Waals surface area contributed by atoms with Crippen molar-refractivity contribution in [3.05, 3.63) is 78.0 Å². The summed E-state index contributed by atoms with van der Waals surface area (Å²) in [5.74, 6) is 0.529. The van der Waals surface area contributed by atoms with Gasteiger partial charge in [0.2, 0.25) is 0 Å². The van der Waals surface area contributed by atoms with Gasteiger partial charge in [0.25, 0.3) is 5.91 Å². The van der Waals surface area contributed by atoms with Gasteiger partial charge in [-0.05, 0) is 24.6 Å². The fraction of sp³-hybridized carbons (Fsp3) is 0.158. The van der Waals surface area contributed by atoms with E-state index in [0.717, 1.165) is 16.8 Å². The van der Waals surface area contributed by atoms with E-state index in [2.05, 4.69) is 15.7 Å². The van der Waals surface area contributed by atoms with E-state index < -0.39 is 6.04 Å². The Bertz CT molecular complexity index is 809. The average Bonchev–Trinajstić information content (AvgIpc) is 3.00. The fourth-order valence-corrected chi connectivity index (χ4v) is 2.44. The highest BCUT2D eigenvalue weighted by atomic mass is 16.2. The topological polar surface area (TPSA) is 59.0 Å². The SMILES string of the molecule is Cc1ccc(NC(=O)[C@@H](Nc2ccn(C)n2)c2ccccc2)cc1. The third-order valence-corrected chi connectivity index (χ3v) is 3.72. The lowest BCUT2D eigenvalue weighted by Crippen LogP contribution is -2.27. The van der Waals surface area contributed by atoms with Gasteiger partial charge in [0.1, 0.15) is 11.9 Å². The van der Waals surface area contributed by atoms with Crippen LogP contribution in [0.4, 0.5) is 11.5 Å². The van der Waals surface area contributed by atoms with E-state index >= 15 is 0 Å². The molecule has 24 heavy (non-hydrogen) atoms. The Morgan fingerprint density at radius 2 is 1.75 bits per heavy atom. The number of aromatic nitrogens is 2. The smallest absolute Gasteiger partial charge is 0.251 e. The van der Waals surface area contributed by atoms with Crippen LogP contribution >= 0.6 is 0 Å². The van der Waals surface area contributed by atoms with Crippen molar-refractivity contribution in [2.45, 2.75) is 13.0 Å². The predicted molar refractivity (Wildman–Crippen MR) is 95.8 cm³/mol. The molecular weight excluding hydrogens is 300 g/mol. The van der Waals surface area contributed by atoms with Crippen LogP contribution in [0.2, 0.25) is 0 Å². The van der Waals surface area contributed by atoms with Crippen molar-refractivity contribution < 1.29 is 4.79 Å². The molecule has 1 amide bonds. The summed E-state index contributed by atoms with van der Waals surface area (Å²) < 4.78 is 1.70. The molecule has 0 bridgehead atoms. The summed E-state index contributed by atoms with van der Waals surface area (Å²) in [6.45, 7) is 2.01. The maximum absolute atomic E-state index is 12.8. The summed E-state index contributed by atoms with van der Waals surface area (Å²) in [6, 6.07) is 18.7. The lowest BCUT2D eigenvalue weighted by molar-refractivity contribution is -0.117. The van der Waals surface area contributed by atoms with Crippen molar-refractivity contribution in [2.75, 3.05) is 10.6 Å². The molecule has 2 aromatic carbocycles. The summed E-state index contributed by atoms with van der Waals surface area (Å²) in [5, 5.41) is 10.5. The summed E-state index contributed by atoms with van der Waals surface area (Å²) in [6.07, 6.45) is 1.84. The number of rotatable bonds is 5. The fourth-order valence-electron chi connectivity index (χ4n) is 2.44. The zero-order valence-corrected chi connectivity index (χ0v) is 13.7. The largest absolute Gasteiger partial charge is 0.353 e. The molecule has 1 aromatic heterocycles. The highest BCUT2D eigenvalue weighted by molar-refractivity contribution is 5.97. The number of hydrogen-bond donors (Lipinski definition) is 2. The molecule has 1 heterocycles. The summed E-state index contributed by atoms with van der Waals surface area (Å²) in [5.41, 5.74) is 2.81. The molecule has 3 aromatic rings. The second-order valence-corrected chi connectivity index (χ2v) is 5.72. The van der Waals surface area contributed by atoms with Gasteiger partial charge >= 0.3 is 0 Å². The third kappa shape index (κ3) is 3.81. The van der Waals surface area contributed by atoms with Crippen LogP contribution in [0.3, 0.4) is 0 Å². The van der Waals surface area contributed by atoms with Crippen molar-refractivity contribution in [3.63, 3.8) is 0 Å². The Morgan fingerprint density at radius 3 is 2.38 bits per heavy atom. The van der Waals surface area contributed by atoms with Crippen LogP contribution in [0.25, 0.3) is 0 Å². The molecule has 1 atom stereocenters. The zero-order chi connectivity index (χ0) is 16.9. The van der Waals surface area contributed by atoms with Gasteiger partial charge in [0.05, 0.1) is 0 Å². The van der Waals surface area contributed by atoms with Gasteiger partial charge in [-0.1, -0.05) is 48.0 Å². The van der Waals surface area contributed by atoms with Crippen LogP contribution in [0.15, 0.2) is 66.9 Å². The summed E-state index contributed by atoms with van der Waals surface area (Å²) >= 11 is 0. The van der Waals surface area contributed by atoms with Crippen molar-refractivity contribution in [1.82, 2.24) is 9.78 Å². The van der Waals surface area contributed by atoms with Crippen molar-refractivity contribution in [2.24, 2.45) is 7.05 Å². The van der Waals surface area contributed by atoms with E-state index in [4.69, 9.17) is 0 Å². The first-order valence-electron chi connectivity index (χ1n) is 7.80. The van der Waals surface area contributed by atoms with Crippen LogP contribution < -0.4 is 10.6 Å². The van der Waals surface area contributed by atoms with E-state index in [1.54, 1.807) is 4.68 Å². The minimum absolute atomic E-state index is 0.129. The molecule has 0 unspecified atom stereocenters. The Labute approximate surface area is 141 Å². The number of benzene rings is 2. The number of carbonyl (C=O) groups is 1. The predicted octanol–water partition coefficient (Wildman–Crippen LogP) is 3.52. The normalized spacial score (nSPS) is 11.8. The third-order valence-electron chi connectivity index (χ3n) is 3.72. The standard InChI is InChI=1S/C19H20N4O/c1-14-8-10-16(11-9-14)20-19(24)18(15-6-4-3-5-7-15)21-17-12-13-23(2)22-17/h3-13,18H,1-2H3,(H,20,24)(H,21,22)/t18-/m0/s1. The van der Waals surface area contributed by atoms with Gasteiger partial charge in [0.15, 0.2) is 0 Å². The molecule has 0 aliphatic rings. The molecule has 0 saturated carbocycles. The quantitative estimate of drug-likeness (QED) is 0.756. The second-order valence-electron chi connectivity index (χ2n) is 5.72. The highest BCUT2D eigenvalue weighted by Gasteiger charge is 2.21. The van der Waals surface area contributed by atoms with Gasteiger partial charge in [-0.3, -0.25) is 9.48 Å². The number of nitrogens with one attached hydrogen (secondary N) is 2. The Hall–Kier alpha value is -3.08. The van der Waals surface area contributed by atoms with E-state index in [-0.39, 0.29) is 5.91 Å². The monoisotopic (exact) mass is 320 g/mol. The second kappa shape index (κ2) is 7.00. The lowest BCUT2D eigenvalue weighted by atomic mass is 10.1. The molecule has 5 nitrogen and oxygen atoms in total. The Balaban J connectivity index is 1.83. The molecule has 0 radical (unpaired) electrons. The van der Waals surface area contributed by atoms with E-state index in [0.29, 0.717) is 5.82 Å². The molecule has 2 N–H and O–H groups in total. The van der Waals surface area contributed by atoms with Gasteiger partial charge in [0, 0.05) is 25.0 Å². The van der Waals surface area contributed by atoms with Gasteiger partial charge in [-0.2, -0.15) is 5.10 Å². The Morgan fingerprint density at radius 1 is 1.04 bits per heavy atom. The van der Waals surface area contributed by atoms with E-state index in [1.165, 1.54) is 0 Å². The minimum Gasteiger partial charge on any atom is -0.353 e. The molecule has 0 saturated heterocycles. The number of hydrogen-bond acceptors (Lipinski definition) is 3. The van der Waals surface area contributed by atoms with Crippen LogP contribution in [-0.4, -0.2) is 15.7 Å². The van der Waals surface area contributed by atoms with E-state index in [1.807, 2.05) is 80.8 Å². The molecule has 5 heteroatoms. The first kappa shape index (κ1) is 15.8. The molecule has 0 aliphatic carbocycles. The number of carbonyl (C=O) groups excluding carboxylic acids is 1. The van der Waals surface area contributed by atoms with Crippen LogP contribution in [0, 0.1) is 6.92 Å². The maximum Gasteiger partial charge on any atom is 0.251 e. The minimum atomic E-state index is -0.526. The van der Waals surface area contributed by atoms with Gasteiger partial charge in [-0.15, -0.1) is 0 Å². The average molecular weight is 320 g/mol. The van der Waals surface area contributed by atoms with Gasteiger partial charge < -0.3 is 10.6 Å². The number of amides is 1. The number of aryl methyl sites for hydroxylation is 2. The van der Waals surface area contributed by atoms with Gasteiger partial charge in [-0.25, -0.2) is 0 Å². The first-order valence-corrected chi connectivity index (χ1v) is 7.80. The van der Waals surface area contributed by atoms with Crippen molar-refractivity contribution in [3.8, 4) is 0 Å². The van der Waals surface area contributed by atoms with Crippen LogP contribution in [0.1, 0.15) is 17.2 Å². The van der Waals surface area contributed by atoms with Crippen molar-refractivity contribution in [1.29, 1.82) is 0 Å². The highest BCUT2D eigenvalue weighted by Crippen LogP contribution is 2.21. The number of nitrogens with zero attached hydrogens (tertiary/aromatic N) is 2.